The zero-order valence-corrected chi connectivity index (χ0v) is 17.4. The molecule has 0 radical (unpaired) electrons. The fraction of sp³-hybridized carbons (Fsp3) is 0.160. The molecule has 0 spiro atoms. The molecule has 2 aromatic carbocycles. The lowest BCUT2D eigenvalue weighted by Gasteiger charge is -2.28. The molecule has 3 N–H and O–H groups in total. The van der Waals surface area contributed by atoms with Gasteiger partial charge in [0.2, 0.25) is 5.91 Å². The normalized spacial score (nSPS) is 15.1. The number of nitrogens with one attached hydrogen (secondary N) is 1. The van der Waals surface area contributed by atoms with Gasteiger partial charge >= 0.3 is 0 Å². The Morgan fingerprint density at radius 2 is 1.88 bits per heavy atom. The van der Waals surface area contributed by atoms with Gasteiger partial charge in [-0.15, -0.1) is 0 Å². The van der Waals surface area contributed by atoms with Crippen LogP contribution in [0.25, 0.3) is 6.08 Å². The molecule has 4 rings (SSSR count). The summed E-state index contributed by atoms with van der Waals surface area (Å²) in [7, 11) is 0. The number of hydrogen-bond acceptors (Lipinski definition) is 4. The van der Waals surface area contributed by atoms with Crippen molar-refractivity contribution >= 4 is 29.3 Å². The highest BCUT2D eigenvalue weighted by Crippen LogP contribution is 2.23. The molecule has 0 unspecified atom stereocenters. The molecule has 3 aromatic rings. The number of aromatic nitrogens is 1. The minimum absolute atomic E-state index is 0.0293. The number of nitrogen functional groups attached to an aromatic ring is 1. The van der Waals surface area contributed by atoms with Crippen molar-refractivity contribution in [2.24, 2.45) is 0 Å². The van der Waals surface area contributed by atoms with E-state index < -0.39 is 5.82 Å². The summed E-state index contributed by atoms with van der Waals surface area (Å²) < 4.78 is 13.2. The highest BCUT2D eigenvalue weighted by molar-refractivity contribution is 6.05. The molecule has 0 saturated carbocycles. The van der Waals surface area contributed by atoms with E-state index in [-0.39, 0.29) is 17.5 Å². The number of benzene rings is 2. The minimum atomic E-state index is -0.462. The summed E-state index contributed by atoms with van der Waals surface area (Å²) in [5, 5.41) is 2.68. The first-order valence-electron chi connectivity index (χ1n) is 10.3. The van der Waals surface area contributed by atoms with Gasteiger partial charge in [-0.25, -0.2) is 4.39 Å². The van der Waals surface area contributed by atoms with E-state index in [0.29, 0.717) is 24.3 Å². The quantitative estimate of drug-likeness (QED) is 0.468. The second kappa shape index (κ2) is 9.43. The van der Waals surface area contributed by atoms with Crippen molar-refractivity contribution in [3.8, 4) is 0 Å². The van der Waals surface area contributed by atoms with Crippen LogP contribution in [0, 0.1) is 5.82 Å². The van der Waals surface area contributed by atoms with Gasteiger partial charge in [0.05, 0.1) is 11.4 Å². The van der Waals surface area contributed by atoms with Gasteiger partial charge in [-0.1, -0.05) is 12.1 Å². The topological polar surface area (TPSA) is 88.3 Å². The van der Waals surface area contributed by atoms with E-state index in [9.17, 15) is 14.0 Å². The highest BCUT2D eigenvalue weighted by atomic mass is 19.1. The molecule has 6 nitrogen and oxygen atoms in total. The predicted octanol–water partition coefficient (Wildman–Crippen LogP) is 4.26. The van der Waals surface area contributed by atoms with E-state index >= 15 is 0 Å². The fourth-order valence-electron chi connectivity index (χ4n) is 3.64. The highest BCUT2D eigenvalue weighted by Gasteiger charge is 2.23. The zero-order valence-electron chi connectivity index (χ0n) is 17.4. The first kappa shape index (κ1) is 21.2. The van der Waals surface area contributed by atoms with E-state index in [1.54, 1.807) is 24.5 Å². The molecule has 32 heavy (non-hydrogen) atoms. The molecule has 1 fully saturated rings. The third-order valence-electron chi connectivity index (χ3n) is 5.33. The average Bonchev–Trinajstić information content (AvgIpc) is 2.79. The molecular formula is C25H23FN4O2. The van der Waals surface area contributed by atoms with Gasteiger partial charge in [-0.05, 0) is 72.5 Å². The number of hydrogen-bond donors (Lipinski definition) is 2. The van der Waals surface area contributed by atoms with Crippen LogP contribution >= 0.6 is 0 Å². The van der Waals surface area contributed by atoms with Gasteiger partial charge in [0.25, 0.3) is 5.91 Å². The number of piperidine rings is 1. The molecule has 162 valence electrons. The van der Waals surface area contributed by atoms with E-state index in [1.165, 1.54) is 12.1 Å². The van der Waals surface area contributed by atoms with Crippen molar-refractivity contribution in [1.82, 2.24) is 9.88 Å². The summed E-state index contributed by atoms with van der Waals surface area (Å²) in [6.07, 6.45) is 7.00. The zero-order chi connectivity index (χ0) is 22.5. The lowest BCUT2D eigenvalue weighted by atomic mass is 10.0. The lowest BCUT2D eigenvalue weighted by Crippen LogP contribution is -2.36. The molecule has 1 saturated heterocycles. The molecule has 0 atom stereocenters. The van der Waals surface area contributed by atoms with Crippen LogP contribution in [0.2, 0.25) is 0 Å². The van der Waals surface area contributed by atoms with Crippen molar-refractivity contribution in [2.75, 3.05) is 17.6 Å². The second-order valence-corrected chi connectivity index (χ2v) is 7.66. The number of carbonyl (C=O) groups excluding carboxylic acids is 2. The fourth-order valence-corrected chi connectivity index (χ4v) is 3.64. The van der Waals surface area contributed by atoms with Gasteiger partial charge in [0.15, 0.2) is 0 Å². The van der Waals surface area contributed by atoms with Crippen molar-refractivity contribution in [2.45, 2.75) is 19.4 Å². The maximum atomic E-state index is 13.2. The van der Waals surface area contributed by atoms with E-state index in [2.05, 4.69) is 10.3 Å². The van der Waals surface area contributed by atoms with Gasteiger partial charge in [0, 0.05) is 36.6 Å². The van der Waals surface area contributed by atoms with Gasteiger partial charge in [-0.3, -0.25) is 14.6 Å². The van der Waals surface area contributed by atoms with Crippen LogP contribution in [0.15, 0.2) is 72.6 Å². The summed E-state index contributed by atoms with van der Waals surface area (Å²) in [6.45, 7) is 1.16. The third kappa shape index (κ3) is 5.00. The molecule has 0 aliphatic carbocycles. The van der Waals surface area contributed by atoms with Crippen molar-refractivity contribution in [3.05, 3.63) is 95.1 Å². The number of pyridine rings is 1. The van der Waals surface area contributed by atoms with Crippen LogP contribution in [-0.4, -0.2) is 28.2 Å². The van der Waals surface area contributed by atoms with E-state index in [4.69, 9.17) is 5.73 Å². The van der Waals surface area contributed by atoms with Crippen LogP contribution in [0.4, 0.5) is 15.8 Å². The summed E-state index contributed by atoms with van der Waals surface area (Å²) in [4.78, 5) is 31.2. The van der Waals surface area contributed by atoms with Crippen molar-refractivity contribution in [3.63, 3.8) is 0 Å². The maximum Gasteiger partial charge on any atom is 0.255 e. The second-order valence-electron chi connectivity index (χ2n) is 7.66. The maximum absolute atomic E-state index is 13.2. The first-order chi connectivity index (χ1) is 15.5. The van der Waals surface area contributed by atoms with Crippen LogP contribution in [-0.2, 0) is 11.3 Å². The summed E-state index contributed by atoms with van der Waals surface area (Å²) in [5.41, 5.74) is 9.39. The molecule has 1 aliphatic rings. The number of halogens is 1. The van der Waals surface area contributed by atoms with Crippen molar-refractivity contribution in [1.29, 1.82) is 0 Å². The molecule has 7 heteroatoms. The number of carbonyl (C=O) groups is 2. The number of nitrogens with two attached hydrogens (primary N) is 1. The van der Waals surface area contributed by atoms with Crippen LogP contribution in [0.1, 0.15) is 34.3 Å². The Bertz CT molecular complexity index is 1160. The molecular weight excluding hydrogens is 407 g/mol. The third-order valence-corrected chi connectivity index (χ3v) is 5.33. The lowest BCUT2D eigenvalue weighted by molar-refractivity contribution is -0.129. The monoisotopic (exact) mass is 430 g/mol. The Morgan fingerprint density at radius 3 is 2.59 bits per heavy atom. The summed E-state index contributed by atoms with van der Waals surface area (Å²) in [6, 6.07) is 14.6. The van der Waals surface area contributed by atoms with Gasteiger partial charge < -0.3 is 16.0 Å². The standard InChI is InChI=1S/C25H23FN4O2/c26-21-7-8-23(22(27)15-21)29-24(31)19-5-3-18(4-6-19)16-30-13-1-2-20(25(30)32)14-17-9-11-28-12-10-17/h3-12,14-15H,1-2,13,16,27H2,(H,29,31)/b20-14+. The Morgan fingerprint density at radius 1 is 1.12 bits per heavy atom. The Hall–Kier alpha value is -4.00. The predicted molar refractivity (Wildman–Crippen MR) is 122 cm³/mol. The molecule has 1 aromatic heterocycles. The molecule has 1 aliphatic heterocycles. The largest absolute Gasteiger partial charge is 0.397 e. The molecule has 0 bridgehead atoms. The Balaban J connectivity index is 1.41. The number of amides is 2. The Kier molecular flexibility index (Phi) is 6.26. The average molecular weight is 430 g/mol. The summed E-state index contributed by atoms with van der Waals surface area (Å²) >= 11 is 0. The van der Waals surface area contributed by atoms with Gasteiger partial charge in [-0.2, -0.15) is 0 Å². The van der Waals surface area contributed by atoms with E-state index in [0.717, 1.165) is 35.6 Å². The summed E-state index contributed by atoms with van der Waals surface area (Å²) in [5.74, 6) is -0.774. The number of anilines is 2. The smallest absolute Gasteiger partial charge is 0.255 e. The number of nitrogens with zero attached hydrogens (tertiary/aromatic N) is 2. The number of rotatable bonds is 5. The van der Waals surface area contributed by atoms with Crippen LogP contribution < -0.4 is 11.1 Å². The SMILES string of the molecule is Nc1cc(F)ccc1NC(=O)c1ccc(CN2CCC/C(=C\c3ccncc3)C2=O)cc1. The van der Waals surface area contributed by atoms with Crippen LogP contribution in [0.5, 0.6) is 0 Å². The first-order valence-corrected chi connectivity index (χ1v) is 10.3. The molecule has 2 amide bonds. The molecule has 2 heterocycles. The van der Waals surface area contributed by atoms with E-state index in [1.807, 2.05) is 35.2 Å². The Labute approximate surface area is 185 Å². The van der Waals surface area contributed by atoms with Gasteiger partial charge in [0.1, 0.15) is 5.82 Å². The minimum Gasteiger partial charge on any atom is -0.397 e. The number of likely N-dealkylation sites (tertiary alicyclic amines) is 1. The van der Waals surface area contributed by atoms with Crippen LogP contribution in [0.3, 0.4) is 0 Å². The van der Waals surface area contributed by atoms with Crippen molar-refractivity contribution < 1.29 is 14.0 Å².